The summed E-state index contributed by atoms with van der Waals surface area (Å²) in [6.45, 7) is 4.46. The van der Waals surface area contributed by atoms with E-state index in [1.54, 1.807) is 0 Å². The third-order valence-electron chi connectivity index (χ3n) is 3.47. The van der Waals surface area contributed by atoms with Crippen molar-refractivity contribution in [3.05, 3.63) is 35.4 Å². The van der Waals surface area contributed by atoms with Gasteiger partial charge in [-0.25, -0.2) is 0 Å². The van der Waals surface area contributed by atoms with Crippen molar-refractivity contribution in [1.82, 2.24) is 0 Å². The number of hydrogen-bond donors (Lipinski definition) is 1. The van der Waals surface area contributed by atoms with Gasteiger partial charge in [0, 0.05) is 18.6 Å². The highest BCUT2D eigenvalue weighted by Crippen LogP contribution is 2.32. The van der Waals surface area contributed by atoms with Gasteiger partial charge in [0.05, 0.1) is 6.61 Å². The summed E-state index contributed by atoms with van der Waals surface area (Å²) >= 11 is 0. The lowest BCUT2D eigenvalue weighted by atomic mass is 9.79. The summed E-state index contributed by atoms with van der Waals surface area (Å²) in [4.78, 5) is 0. The van der Waals surface area contributed by atoms with Gasteiger partial charge in [-0.15, -0.1) is 0 Å². The van der Waals surface area contributed by atoms with Crippen molar-refractivity contribution in [3.8, 4) is 0 Å². The zero-order chi connectivity index (χ0) is 10.7. The Morgan fingerprint density at radius 2 is 2.07 bits per heavy atom. The molecule has 1 aromatic rings. The molecule has 82 valence electrons. The van der Waals surface area contributed by atoms with Crippen molar-refractivity contribution in [3.63, 3.8) is 0 Å². The minimum Gasteiger partial charge on any atom is -0.380 e. The van der Waals surface area contributed by atoms with Crippen LogP contribution in [0, 0.1) is 0 Å². The first-order chi connectivity index (χ1) is 7.30. The van der Waals surface area contributed by atoms with E-state index >= 15 is 0 Å². The van der Waals surface area contributed by atoms with E-state index in [4.69, 9.17) is 10.5 Å². The van der Waals surface area contributed by atoms with Crippen molar-refractivity contribution in [2.75, 3.05) is 19.8 Å². The molecule has 1 heterocycles. The van der Waals surface area contributed by atoms with Gasteiger partial charge in [0.25, 0.3) is 0 Å². The van der Waals surface area contributed by atoms with Crippen LogP contribution in [-0.2, 0) is 16.6 Å². The molecule has 2 rings (SSSR count). The quantitative estimate of drug-likeness (QED) is 0.817. The molecule has 0 aliphatic carbocycles. The maximum absolute atomic E-state index is 5.89. The molecule has 1 aromatic carbocycles. The third-order valence-corrected chi connectivity index (χ3v) is 3.47. The van der Waals surface area contributed by atoms with E-state index in [1.165, 1.54) is 11.1 Å². The molecule has 1 saturated heterocycles. The van der Waals surface area contributed by atoms with Crippen molar-refractivity contribution in [2.45, 2.75) is 25.2 Å². The first-order valence-electron chi connectivity index (χ1n) is 5.68. The van der Waals surface area contributed by atoms with Gasteiger partial charge in [-0.2, -0.15) is 0 Å². The molecule has 0 bridgehead atoms. The molecule has 15 heavy (non-hydrogen) atoms. The SMILES string of the molecule is CCc1ccc(C2(CN)CCOC2)cc1. The van der Waals surface area contributed by atoms with Crippen LogP contribution in [0.3, 0.4) is 0 Å². The Balaban J connectivity index is 2.26. The molecule has 0 radical (unpaired) electrons. The molecule has 1 aliphatic heterocycles. The van der Waals surface area contributed by atoms with Crippen LogP contribution in [0.4, 0.5) is 0 Å². The fourth-order valence-electron chi connectivity index (χ4n) is 2.21. The van der Waals surface area contributed by atoms with Crippen LogP contribution < -0.4 is 5.73 Å². The molecule has 0 amide bonds. The lowest BCUT2D eigenvalue weighted by molar-refractivity contribution is 0.178. The molecule has 2 N–H and O–H groups in total. The highest BCUT2D eigenvalue weighted by Gasteiger charge is 2.35. The molecule has 2 nitrogen and oxygen atoms in total. The minimum atomic E-state index is 0.0757. The Bertz CT molecular complexity index is 312. The zero-order valence-electron chi connectivity index (χ0n) is 9.33. The van der Waals surface area contributed by atoms with Crippen LogP contribution in [-0.4, -0.2) is 19.8 Å². The maximum atomic E-state index is 5.89. The van der Waals surface area contributed by atoms with Gasteiger partial charge in [-0.05, 0) is 24.0 Å². The zero-order valence-corrected chi connectivity index (χ0v) is 9.33. The third kappa shape index (κ3) is 1.92. The predicted octanol–water partition coefficient (Wildman–Crippen LogP) is 1.87. The molecule has 0 saturated carbocycles. The fraction of sp³-hybridized carbons (Fsp3) is 0.538. The highest BCUT2D eigenvalue weighted by molar-refractivity contribution is 5.30. The van der Waals surface area contributed by atoms with Gasteiger partial charge >= 0.3 is 0 Å². The molecular weight excluding hydrogens is 186 g/mol. The number of ether oxygens (including phenoxy) is 1. The number of nitrogens with two attached hydrogens (primary N) is 1. The molecule has 0 aromatic heterocycles. The first-order valence-corrected chi connectivity index (χ1v) is 5.68. The van der Waals surface area contributed by atoms with E-state index in [9.17, 15) is 0 Å². The van der Waals surface area contributed by atoms with Gasteiger partial charge in [0.1, 0.15) is 0 Å². The van der Waals surface area contributed by atoms with E-state index < -0.39 is 0 Å². The van der Waals surface area contributed by atoms with E-state index in [2.05, 4.69) is 31.2 Å². The van der Waals surface area contributed by atoms with Crippen molar-refractivity contribution < 1.29 is 4.74 Å². The van der Waals surface area contributed by atoms with E-state index in [-0.39, 0.29) is 5.41 Å². The summed E-state index contributed by atoms with van der Waals surface area (Å²) in [6.07, 6.45) is 2.14. The summed E-state index contributed by atoms with van der Waals surface area (Å²) in [5, 5.41) is 0. The fourth-order valence-corrected chi connectivity index (χ4v) is 2.21. The predicted molar refractivity (Wildman–Crippen MR) is 62.0 cm³/mol. The topological polar surface area (TPSA) is 35.2 Å². The smallest absolute Gasteiger partial charge is 0.0575 e. The Hall–Kier alpha value is -0.860. The van der Waals surface area contributed by atoms with Crippen LogP contribution in [0.25, 0.3) is 0 Å². The summed E-state index contributed by atoms with van der Waals surface area (Å²) in [7, 11) is 0. The second-order valence-corrected chi connectivity index (χ2v) is 4.34. The van der Waals surface area contributed by atoms with Gasteiger partial charge in [0.2, 0.25) is 0 Å². The van der Waals surface area contributed by atoms with Gasteiger partial charge in [-0.3, -0.25) is 0 Å². The standard InChI is InChI=1S/C13H19NO/c1-2-11-3-5-12(6-4-11)13(9-14)7-8-15-10-13/h3-6H,2,7-10,14H2,1H3. The first kappa shape index (κ1) is 10.7. The molecule has 1 aliphatic rings. The Kier molecular flexibility index (Phi) is 3.08. The number of benzene rings is 1. The summed E-state index contributed by atoms with van der Waals surface area (Å²) < 4.78 is 5.48. The summed E-state index contributed by atoms with van der Waals surface area (Å²) in [5.41, 5.74) is 8.68. The van der Waals surface area contributed by atoms with Crippen LogP contribution in [0.15, 0.2) is 24.3 Å². The van der Waals surface area contributed by atoms with Gasteiger partial charge in [-0.1, -0.05) is 31.2 Å². The van der Waals surface area contributed by atoms with E-state index in [1.807, 2.05) is 0 Å². The molecule has 1 atom stereocenters. The number of rotatable bonds is 3. The van der Waals surface area contributed by atoms with Crippen molar-refractivity contribution in [1.29, 1.82) is 0 Å². The van der Waals surface area contributed by atoms with Gasteiger partial charge < -0.3 is 10.5 Å². The van der Waals surface area contributed by atoms with E-state index in [0.29, 0.717) is 6.54 Å². The molecule has 1 fully saturated rings. The average Bonchev–Trinajstić information content (AvgIpc) is 2.79. The Morgan fingerprint density at radius 1 is 1.33 bits per heavy atom. The highest BCUT2D eigenvalue weighted by atomic mass is 16.5. The number of aryl methyl sites for hydroxylation is 1. The Morgan fingerprint density at radius 3 is 2.53 bits per heavy atom. The van der Waals surface area contributed by atoms with Crippen LogP contribution in [0.2, 0.25) is 0 Å². The molecule has 1 unspecified atom stereocenters. The Labute approximate surface area is 91.4 Å². The van der Waals surface area contributed by atoms with Crippen LogP contribution in [0.1, 0.15) is 24.5 Å². The van der Waals surface area contributed by atoms with Crippen LogP contribution >= 0.6 is 0 Å². The van der Waals surface area contributed by atoms with Crippen molar-refractivity contribution >= 4 is 0 Å². The normalized spacial score (nSPS) is 25.7. The maximum Gasteiger partial charge on any atom is 0.0575 e. The lowest BCUT2D eigenvalue weighted by Gasteiger charge is -2.26. The van der Waals surface area contributed by atoms with Gasteiger partial charge in [0.15, 0.2) is 0 Å². The number of hydrogen-bond acceptors (Lipinski definition) is 2. The van der Waals surface area contributed by atoms with Crippen LogP contribution in [0.5, 0.6) is 0 Å². The monoisotopic (exact) mass is 205 g/mol. The van der Waals surface area contributed by atoms with Crippen molar-refractivity contribution in [2.24, 2.45) is 5.73 Å². The second-order valence-electron chi connectivity index (χ2n) is 4.34. The summed E-state index contributed by atoms with van der Waals surface area (Å²) in [5.74, 6) is 0. The summed E-state index contributed by atoms with van der Waals surface area (Å²) in [6, 6.07) is 8.82. The second kappa shape index (κ2) is 4.33. The van der Waals surface area contributed by atoms with E-state index in [0.717, 1.165) is 26.1 Å². The average molecular weight is 205 g/mol. The molecule has 2 heteroatoms. The molecule has 0 spiro atoms. The largest absolute Gasteiger partial charge is 0.380 e. The minimum absolute atomic E-state index is 0.0757. The molecular formula is C13H19NO. The lowest BCUT2D eigenvalue weighted by Crippen LogP contribution is -2.35.